The van der Waals surface area contributed by atoms with E-state index in [0.717, 1.165) is 19.4 Å². The van der Waals surface area contributed by atoms with Crippen molar-refractivity contribution in [2.75, 3.05) is 32.8 Å². The summed E-state index contributed by atoms with van der Waals surface area (Å²) in [5, 5.41) is 24.7. The highest BCUT2D eigenvalue weighted by atomic mass is 19.4. The Balaban J connectivity index is 0. The van der Waals surface area contributed by atoms with Crippen LogP contribution in [0.4, 0.5) is 30.7 Å². The number of aliphatic hydroxyl groups is 2. The standard InChI is InChI=1S/C8H19NO2.C4HF7O2/c1-2-3-4-9(5-7-10)6-8-11;5-2(6,1(12)13)3(7,8)4(9,10)11/h10-11H,2-8H2,1H3;(H,12,13). The van der Waals surface area contributed by atoms with E-state index in [-0.39, 0.29) is 13.2 Å². The molecule has 24 heavy (non-hydrogen) atoms. The lowest BCUT2D eigenvalue weighted by Gasteiger charge is -2.24. The van der Waals surface area contributed by atoms with E-state index >= 15 is 0 Å². The molecule has 0 heterocycles. The van der Waals surface area contributed by atoms with E-state index in [2.05, 4.69) is 11.8 Å². The maximum Gasteiger partial charge on any atom is 0.460 e. The van der Waals surface area contributed by atoms with Gasteiger partial charge in [0, 0.05) is 13.1 Å². The van der Waals surface area contributed by atoms with Crippen LogP contribution in [-0.4, -0.2) is 77.1 Å². The molecule has 0 radical (unpaired) electrons. The second-order valence-corrected chi connectivity index (χ2v) is 4.59. The molecule has 0 amide bonds. The maximum atomic E-state index is 11.8. The first-order valence-corrected chi connectivity index (χ1v) is 6.79. The number of unbranched alkanes of at least 4 members (excludes halogenated alkanes) is 1. The topological polar surface area (TPSA) is 81.0 Å². The van der Waals surface area contributed by atoms with Crippen molar-refractivity contribution in [3.8, 4) is 0 Å². The first-order valence-electron chi connectivity index (χ1n) is 6.79. The summed E-state index contributed by atoms with van der Waals surface area (Å²) >= 11 is 0. The molecule has 0 aromatic carbocycles. The number of aliphatic carboxylic acids is 1. The van der Waals surface area contributed by atoms with E-state index in [1.54, 1.807) is 0 Å². The highest BCUT2D eigenvalue weighted by Gasteiger charge is 2.76. The van der Waals surface area contributed by atoms with Crippen LogP contribution in [0.2, 0.25) is 0 Å². The third kappa shape index (κ3) is 7.62. The van der Waals surface area contributed by atoms with Gasteiger partial charge in [0.2, 0.25) is 0 Å². The van der Waals surface area contributed by atoms with Gasteiger partial charge in [-0.2, -0.15) is 30.7 Å². The summed E-state index contributed by atoms with van der Waals surface area (Å²) in [5.74, 6) is -16.3. The molecule has 0 saturated heterocycles. The molecule has 0 aliphatic rings. The zero-order valence-corrected chi connectivity index (χ0v) is 12.8. The van der Waals surface area contributed by atoms with Crippen LogP contribution in [0.15, 0.2) is 0 Å². The molecule has 0 aromatic heterocycles. The summed E-state index contributed by atoms with van der Waals surface area (Å²) in [6.45, 7) is 4.85. The second-order valence-electron chi connectivity index (χ2n) is 4.59. The van der Waals surface area contributed by atoms with Crippen molar-refractivity contribution in [1.82, 2.24) is 4.90 Å². The van der Waals surface area contributed by atoms with Gasteiger partial charge in [-0.1, -0.05) is 13.3 Å². The number of nitrogens with zero attached hydrogens (tertiary/aromatic N) is 1. The van der Waals surface area contributed by atoms with Crippen LogP contribution in [0.3, 0.4) is 0 Å². The van der Waals surface area contributed by atoms with Gasteiger partial charge in [0.25, 0.3) is 0 Å². The Labute approximate surface area is 133 Å². The smallest absolute Gasteiger partial charge is 0.460 e. The van der Waals surface area contributed by atoms with Crippen LogP contribution in [0.1, 0.15) is 19.8 Å². The van der Waals surface area contributed by atoms with Crippen molar-refractivity contribution in [3.05, 3.63) is 0 Å². The SMILES string of the molecule is CCCCN(CCO)CCO.O=C(O)C(F)(F)C(F)(F)C(F)(F)F. The van der Waals surface area contributed by atoms with Crippen LogP contribution in [0, 0.1) is 0 Å². The minimum atomic E-state index is -6.60. The van der Waals surface area contributed by atoms with Gasteiger partial charge < -0.3 is 15.3 Å². The Kier molecular flexibility index (Phi) is 11.2. The van der Waals surface area contributed by atoms with Crippen LogP contribution < -0.4 is 0 Å². The van der Waals surface area contributed by atoms with Crippen molar-refractivity contribution in [3.63, 3.8) is 0 Å². The van der Waals surface area contributed by atoms with Crippen LogP contribution in [-0.2, 0) is 4.79 Å². The highest BCUT2D eigenvalue weighted by molar-refractivity contribution is 5.76. The molecule has 5 nitrogen and oxygen atoms in total. The average Bonchev–Trinajstić information content (AvgIpc) is 2.44. The molecular formula is C12H20F7NO4. The lowest BCUT2D eigenvalue weighted by Crippen LogP contribution is -2.56. The van der Waals surface area contributed by atoms with E-state index in [4.69, 9.17) is 15.3 Å². The Morgan fingerprint density at radius 3 is 1.54 bits per heavy atom. The Hall–Kier alpha value is -1.14. The molecule has 0 aromatic rings. The summed E-state index contributed by atoms with van der Waals surface area (Å²) in [5.41, 5.74) is 0. The fourth-order valence-corrected chi connectivity index (χ4v) is 1.31. The monoisotopic (exact) mass is 375 g/mol. The highest BCUT2D eigenvalue weighted by Crippen LogP contribution is 2.46. The summed E-state index contributed by atoms with van der Waals surface area (Å²) in [4.78, 5) is 11.5. The lowest BCUT2D eigenvalue weighted by atomic mass is 10.1. The zero-order valence-electron chi connectivity index (χ0n) is 12.8. The van der Waals surface area contributed by atoms with Crippen molar-refractivity contribution >= 4 is 5.97 Å². The Morgan fingerprint density at radius 1 is 0.917 bits per heavy atom. The first-order chi connectivity index (χ1) is 10.8. The summed E-state index contributed by atoms with van der Waals surface area (Å²) in [7, 11) is 0. The molecular weight excluding hydrogens is 355 g/mol. The largest absolute Gasteiger partial charge is 0.477 e. The minimum absolute atomic E-state index is 0.184. The number of aliphatic hydroxyl groups excluding tert-OH is 2. The van der Waals surface area contributed by atoms with Crippen molar-refractivity contribution in [1.29, 1.82) is 0 Å². The quantitative estimate of drug-likeness (QED) is 0.537. The summed E-state index contributed by atoms with van der Waals surface area (Å²) in [6, 6.07) is 0. The number of carboxylic acid groups (broad SMARTS) is 1. The molecule has 0 aliphatic heterocycles. The number of hydrogen-bond donors (Lipinski definition) is 3. The number of carbonyl (C=O) groups is 1. The van der Waals surface area contributed by atoms with Crippen LogP contribution >= 0.6 is 0 Å². The molecule has 0 atom stereocenters. The van der Waals surface area contributed by atoms with Gasteiger partial charge in [0.15, 0.2) is 0 Å². The first kappa shape index (κ1) is 25.1. The van der Waals surface area contributed by atoms with Crippen molar-refractivity contribution in [2.24, 2.45) is 0 Å². The van der Waals surface area contributed by atoms with E-state index in [9.17, 15) is 35.5 Å². The number of carboxylic acids is 1. The molecule has 0 aliphatic carbocycles. The normalized spacial score (nSPS) is 12.8. The maximum absolute atomic E-state index is 11.8. The predicted octanol–water partition coefficient (Wildman–Crippen LogP) is 1.98. The molecule has 146 valence electrons. The van der Waals surface area contributed by atoms with Crippen LogP contribution in [0.25, 0.3) is 0 Å². The molecule has 0 rings (SSSR count). The molecule has 0 bridgehead atoms. The van der Waals surface area contributed by atoms with E-state index in [0.29, 0.717) is 13.1 Å². The third-order valence-corrected chi connectivity index (χ3v) is 2.68. The summed E-state index contributed by atoms with van der Waals surface area (Å²) < 4.78 is 80.5. The molecule has 12 heteroatoms. The zero-order chi connectivity index (χ0) is 19.6. The van der Waals surface area contributed by atoms with Gasteiger partial charge in [-0.25, -0.2) is 4.79 Å². The Bertz CT molecular complexity index is 358. The van der Waals surface area contributed by atoms with Crippen molar-refractivity contribution in [2.45, 2.75) is 37.8 Å². The fraction of sp³-hybridized carbons (Fsp3) is 0.917. The average molecular weight is 375 g/mol. The van der Waals surface area contributed by atoms with Gasteiger partial charge in [-0.05, 0) is 13.0 Å². The van der Waals surface area contributed by atoms with E-state index < -0.39 is 24.0 Å². The number of hydrogen-bond acceptors (Lipinski definition) is 4. The second kappa shape index (κ2) is 10.7. The number of halogens is 7. The fourth-order valence-electron chi connectivity index (χ4n) is 1.31. The van der Waals surface area contributed by atoms with Crippen molar-refractivity contribution < 1.29 is 50.8 Å². The van der Waals surface area contributed by atoms with Gasteiger partial charge >= 0.3 is 24.0 Å². The van der Waals surface area contributed by atoms with Gasteiger partial charge in [-0.3, -0.25) is 4.90 Å². The lowest BCUT2D eigenvalue weighted by molar-refractivity contribution is -0.347. The molecule has 3 N–H and O–H groups in total. The predicted molar refractivity (Wildman–Crippen MR) is 69.1 cm³/mol. The molecule has 0 spiro atoms. The van der Waals surface area contributed by atoms with Gasteiger partial charge in [-0.15, -0.1) is 0 Å². The number of alkyl halides is 7. The van der Waals surface area contributed by atoms with Crippen LogP contribution in [0.5, 0.6) is 0 Å². The van der Waals surface area contributed by atoms with E-state index in [1.165, 1.54) is 0 Å². The van der Waals surface area contributed by atoms with E-state index in [1.807, 2.05) is 0 Å². The summed E-state index contributed by atoms with van der Waals surface area (Å²) in [6.07, 6.45) is -4.30. The molecule has 0 unspecified atom stereocenters. The molecule has 0 saturated carbocycles. The number of rotatable bonds is 9. The third-order valence-electron chi connectivity index (χ3n) is 2.68. The Morgan fingerprint density at radius 2 is 1.33 bits per heavy atom. The van der Waals surface area contributed by atoms with Gasteiger partial charge in [0.1, 0.15) is 0 Å². The molecule has 0 fully saturated rings. The minimum Gasteiger partial charge on any atom is -0.477 e. The van der Waals surface area contributed by atoms with Gasteiger partial charge in [0.05, 0.1) is 13.2 Å².